The fourth-order valence-electron chi connectivity index (χ4n) is 1.18. The predicted octanol–water partition coefficient (Wildman–Crippen LogP) is 2.88. The molecule has 0 saturated heterocycles. The average molecular weight is 230 g/mol. The van der Waals surface area contributed by atoms with E-state index in [-0.39, 0.29) is 17.9 Å². The third-order valence-electron chi connectivity index (χ3n) is 2.42. The first-order chi connectivity index (χ1) is 7.04. The number of anilines is 1. The molecule has 0 fully saturated rings. The van der Waals surface area contributed by atoms with Crippen LogP contribution in [-0.2, 0) is 4.74 Å². The van der Waals surface area contributed by atoms with Gasteiger partial charge in [0.05, 0.1) is 11.1 Å². The summed E-state index contributed by atoms with van der Waals surface area (Å²) >= 11 is 5.79. The molecule has 1 rings (SSSR count). The predicted molar refractivity (Wildman–Crippen MR) is 62.7 cm³/mol. The zero-order valence-corrected chi connectivity index (χ0v) is 9.88. The monoisotopic (exact) mass is 229 g/mol. The van der Waals surface area contributed by atoms with Crippen molar-refractivity contribution in [3.63, 3.8) is 0 Å². The summed E-state index contributed by atoms with van der Waals surface area (Å²) < 4.78 is 5.19. The van der Waals surface area contributed by atoms with Gasteiger partial charge in [-0.2, -0.15) is 0 Å². The van der Waals surface area contributed by atoms with E-state index in [0.717, 1.165) is 5.69 Å². The Morgan fingerprint density at radius 3 is 2.60 bits per heavy atom. The molecular formula is C11H16ClNO2. The Kier molecular flexibility index (Phi) is 4.24. The number of phenolic OH excluding ortho intramolecular Hbond substituents is 1. The minimum atomic E-state index is 0.0923. The smallest absolute Gasteiger partial charge is 0.134 e. The summed E-state index contributed by atoms with van der Waals surface area (Å²) in [6, 6.07) is 5.21. The number of hydrogen-bond acceptors (Lipinski definition) is 3. The quantitative estimate of drug-likeness (QED) is 0.781. The Morgan fingerprint density at radius 2 is 2.07 bits per heavy atom. The molecule has 0 saturated carbocycles. The molecule has 0 amide bonds. The molecule has 0 aliphatic carbocycles. The number of hydrogen-bond donors (Lipinski definition) is 2. The van der Waals surface area contributed by atoms with Crippen LogP contribution in [0.25, 0.3) is 0 Å². The molecule has 2 unspecified atom stereocenters. The lowest BCUT2D eigenvalue weighted by Gasteiger charge is -2.21. The van der Waals surface area contributed by atoms with Gasteiger partial charge in [0.15, 0.2) is 0 Å². The minimum Gasteiger partial charge on any atom is -0.506 e. The van der Waals surface area contributed by atoms with Gasteiger partial charge in [0.1, 0.15) is 5.75 Å². The van der Waals surface area contributed by atoms with Crippen molar-refractivity contribution in [3.05, 3.63) is 23.2 Å². The highest BCUT2D eigenvalue weighted by Crippen LogP contribution is 2.26. The van der Waals surface area contributed by atoms with E-state index in [1.807, 2.05) is 13.8 Å². The van der Waals surface area contributed by atoms with Crippen molar-refractivity contribution in [3.8, 4) is 5.75 Å². The largest absolute Gasteiger partial charge is 0.506 e. The summed E-state index contributed by atoms with van der Waals surface area (Å²) in [6.45, 7) is 4.01. The Bertz CT molecular complexity index is 330. The molecule has 1 aromatic rings. The minimum absolute atomic E-state index is 0.0923. The van der Waals surface area contributed by atoms with Gasteiger partial charge < -0.3 is 15.2 Å². The van der Waals surface area contributed by atoms with E-state index in [0.29, 0.717) is 5.02 Å². The summed E-state index contributed by atoms with van der Waals surface area (Å²) in [5, 5.41) is 12.8. The van der Waals surface area contributed by atoms with Crippen molar-refractivity contribution in [2.75, 3.05) is 12.4 Å². The summed E-state index contributed by atoms with van der Waals surface area (Å²) in [5.41, 5.74) is 0.870. The van der Waals surface area contributed by atoms with Crippen LogP contribution in [0.4, 0.5) is 5.69 Å². The Hall–Kier alpha value is -0.930. The molecule has 0 heterocycles. The van der Waals surface area contributed by atoms with Gasteiger partial charge in [0.2, 0.25) is 0 Å². The number of benzene rings is 1. The van der Waals surface area contributed by atoms with E-state index in [1.54, 1.807) is 25.3 Å². The molecule has 0 aliphatic rings. The number of rotatable bonds is 4. The summed E-state index contributed by atoms with van der Waals surface area (Å²) in [5.74, 6) is 0.0923. The van der Waals surface area contributed by atoms with Crippen LogP contribution in [0.1, 0.15) is 13.8 Å². The first-order valence-corrected chi connectivity index (χ1v) is 5.20. The molecule has 2 N–H and O–H groups in total. The molecule has 0 aliphatic heterocycles. The number of phenols is 1. The van der Waals surface area contributed by atoms with Crippen LogP contribution >= 0.6 is 11.6 Å². The van der Waals surface area contributed by atoms with Crippen LogP contribution in [0.3, 0.4) is 0 Å². The van der Waals surface area contributed by atoms with Gasteiger partial charge in [-0.05, 0) is 32.0 Å². The van der Waals surface area contributed by atoms with Gasteiger partial charge in [-0.25, -0.2) is 0 Å². The third-order valence-corrected chi connectivity index (χ3v) is 2.72. The van der Waals surface area contributed by atoms with E-state index < -0.39 is 0 Å². The van der Waals surface area contributed by atoms with E-state index >= 15 is 0 Å². The van der Waals surface area contributed by atoms with Gasteiger partial charge in [0, 0.05) is 18.8 Å². The van der Waals surface area contributed by atoms with Gasteiger partial charge >= 0.3 is 0 Å². The summed E-state index contributed by atoms with van der Waals surface area (Å²) in [4.78, 5) is 0. The van der Waals surface area contributed by atoms with Crippen LogP contribution in [0.15, 0.2) is 18.2 Å². The molecule has 3 nitrogen and oxygen atoms in total. The van der Waals surface area contributed by atoms with E-state index in [4.69, 9.17) is 16.3 Å². The Balaban J connectivity index is 2.68. The van der Waals surface area contributed by atoms with Crippen LogP contribution < -0.4 is 5.32 Å². The highest BCUT2D eigenvalue weighted by molar-refractivity contribution is 6.32. The van der Waals surface area contributed by atoms with Crippen LogP contribution in [-0.4, -0.2) is 24.4 Å². The lowest BCUT2D eigenvalue weighted by atomic mass is 10.2. The lowest BCUT2D eigenvalue weighted by Crippen LogP contribution is -2.29. The molecule has 0 bridgehead atoms. The molecule has 0 aromatic heterocycles. The van der Waals surface area contributed by atoms with Crippen molar-refractivity contribution >= 4 is 17.3 Å². The van der Waals surface area contributed by atoms with E-state index in [1.165, 1.54) is 0 Å². The molecule has 0 radical (unpaired) electrons. The maximum absolute atomic E-state index is 9.25. The molecule has 4 heteroatoms. The lowest BCUT2D eigenvalue weighted by molar-refractivity contribution is 0.106. The standard InChI is InChI=1S/C11H16ClNO2/c1-7(8(2)15-3)13-9-4-5-11(14)10(12)6-9/h4-8,13-14H,1-3H3. The van der Waals surface area contributed by atoms with Crippen molar-refractivity contribution in [2.45, 2.75) is 26.0 Å². The van der Waals surface area contributed by atoms with E-state index in [2.05, 4.69) is 5.32 Å². The third kappa shape index (κ3) is 3.29. The van der Waals surface area contributed by atoms with Crippen molar-refractivity contribution in [1.82, 2.24) is 0 Å². The Labute approximate surface area is 95.0 Å². The second-order valence-corrected chi connectivity index (χ2v) is 3.95. The number of halogens is 1. The Morgan fingerprint density at radius 1 is 1.40 bits per heavy atom. The fraction of sp³-hybridized carbons (Fsp3) is 0.455. The highest BCUT2D eigenvalue weighted by Gasteiger charge is 2.11. The maximum Gasteiger partial charge on any atom is 0.134 e. The van der Waals surface area contributed by atoms with Crippen molar-refractivity contribution in [2.24, 2.45) is 0 Å². The highest BCUT2D eigenvalue weighted by atomic mass is 35.5. The zero-order chi connectivity index (χ0) is 11.4. The van der Waals surface area contributed by atoms with Crippen LogP contribution in [0, 0.1) is 0 Å². The molecule has 1 aromatic carbocycles. The molecule has 84 valence electrons. The second-order valence-electron chi connectivity index (χ2n) is 3.54. The zero-order valence-electron chi connectivity index (χ0n) is 9.12. The fourth-order valence-corrected chi connectivity index (χ4v) is 1.36. The summed E-state index contributed by atoms with van der Waals surface area (Å²) in [6.07, 6.45) is 0.109. The normalized spacial score (nSPS) is 14.7. The molecule has 2 atom stereocenters. The average Bonchev–Trinajstić information content (AvgIpc) is 2.22. The molecule has 0 spiro atoms. The van der Waals surface area contributed by atoms with Gasteiger partial charge in [-0.15, -0.1) is 0 Å². The molecular weight excluding hydrogens is 214 g/mol. The second kappa shape index (κ2) is 5.24. The first kappa shape index (κ1) is 12.1. The maximum atomic E-state index is 9.25. The van der Waals surface area contributed by atoms with Gasteiger partial charge in [-0.3, -0.25) is 0 Å². The van der Waals surface area contributed by atoms with E-state index in [9.17, 15) is 5.11 Å². The first-order valence-electron chi connectivity index (χ1n) is 4.82. The number of methoxy groups -OCH3 is 1. The van der Waals surface area contributed by atoms with Crippen LogP contribution in [0.2, 0.25) is 5.02 Å². The van der Waals surface area contributed by atoms with Gasteiger partial charge in [-0.1, -0.05) is 11.6 Å². The van der Waals surface area contributed by atoms with Crippen LogP contribution in [0.5, 0.6) is 5.75 Å². The van der Waals surface area contributed by atoms with Gasteiger partial charge in [0.25, 0.3) is 0 Å². The number of nitrogens with one attached hydrogen (secondary N) is 1. The number of aromatic hydroxyl groups is 1. The summed E-state index contributed by atoms with van der Waals surface area (Å²) in [7, 11) is 1.67. The SMILES string of the molecule is COC(C)C(C)Nc1ccc(O)c(Cl)c1. The van der Waals surface area contributed by atoms with Crippen molar-refractivity contribution in [1.29, 1.82) is 0 Å². The number of ether oxygens (including phenoxy) is 1. The van der Waals surface area contributed by atoms with Crippen molar-refractivity contribution < 1.29 is 9.84 Å². The molecule has 15 heavy (non-hydrogen) atoms. The topological polar surface area (TPSA) is 41.5 Å².